The summed E-state index contributed by atoms with van der Waals surface area (Å²) in [5.41, 5.74) is 11.8. The minimum Gasteiger partial charge on any atom is -0.394 e. The zero-order valence-corrected chi connectivity index (χ0v) is 25.0. The maximum absolute atomic E-state index is 13.4. The van der Waals surface area contributed by atoms with Gasteiger partial charge in [-0.3, -0.25) is 14.5 Å². The molecule has 40 heavy (non-hydrogen) atoms. The van der Waals surface area contributed by atoms with Crippen LogP contribution in [0.5, 0.6) is 0 Å². The molecule has 0 bridgehead atoms. The van der Waals surface area contributed by atoms with Gasteiger partial charge < -0.3 is 11.1 Å². The minimum atomic E-state index is -3.51. The monoisotopic (exact) mass is 566 g/mol. The molecule has 214 valence electrons. The zero-order chi connectivity index (χ0) is 29.6. The Labute approximate surface area is 236 Å². The molecular formula is C29H40N7O3S+. The summed E-state index contributed by atoms with van der Waals surface area (Å²) in [5.74, 6) is 7.76. The number of rotatable bonds is 8. The van der Waals surface area contributed by atoms with Crippen LogP contribution in [0.2, 0.25) is 0 Å². The van der Waals surface area contributed by atoms with Gasteiger partial charge in [0.25, 0.3) is 11.7 Å². The number of nitrogens with two attached hydrogens (primary N) is 2. The van der Waals surface area contributed by atoms with E-state index in [-0.39, 0.29) is 11.3 Å². The highest BCUT2D eigenvalue weighted by atomic mass is 32.2. The Morgan fingerprint density at radius 3 is 2.40 bits per heavy atom. The van der Waals surface area contributed by atoms with Gasteiger partial charge >= 0.3 is 0 Å². The number of imidazole rings is 1. The molecule has 4 rings (SSSR count). The highest BCUT2D eigenvalue weighted by Gasteiger charge is 2.34. The highest BCUT2D eigenvalue weighted by Crippen LogP contribution is 2.37. The van der Waals surface area contributed by atoms with Crippen molar-refractivity contribution in [2.45, 2.75) is 58.8 Å². The van der Waals surface area contributed by atoms with Crippen LogP contribution in [-0.2, 0) is 22.5 Å². The van der Waals surface area contributed by atoms with Gasteiger partial charge in [-0.2, -0.15) is 0 Å². The van der Waals surface area contributed by atoms with E-state index in [4.69, 9.17) is 11.6 Å². The summed E-state index contributed by atoms with van der Waals surface area (Å²) in [6, 6.07) is 8.94. The van der Waals surface area contributed by atoms with Crippen molar-refractivity contribution < 1.29 is 17.8 Å². The summed E-state index contributed by atoms with van der Waals surface area (Å²) in [7, 11) is -1.54. The maximum atomic E-state index is 13.4. The van der Waals surface area contributed by atoms with Crippen LogP contribution < -0.4 is 31.2 Å². The predicted molar refractivity (Wildman–Crippen MR) is 160 cm³/mol. The lowest BCUT2D eigenvalue weighted by Gasteiger charge is -2.24. The highest BCUT2D eigenvalue weighted by molar-refractivity contribution is 7.92. The fourth-order valence-electron chi connectivity index (χ4n) is 4.58. The fourth-order valence-corrected chi connectivity index (χ4v) is 5.19. The SMILES string of the molecule is Cc1ccc(C(=O)Nc2cc(C(C)(C)C)cc(NS(C)(=O)=O)c2C)cc1N(N)/C=C(\N)c1c[nH]c(C2CC2)[n+]1C. The molecule has 1 fully saturated rings. The molecule has 2 aromatic carbocycles. The Morgan fingerprint density at radius 1 is 1.15 bits per heavy atom. The molecular weight excluding hydrogens is 526 g/mol. The number of amides is 1. The third-order valence-corrected chi connectivity index (χ3v) is 7.77. The molecule has 0 unspecified atom stereocenters. The lowest BCUT2D eigenvalue weighted by atomic mass is 9.85. The van der Waals surface area contributed by atoms with E-state index in [1.54, 1.807) is 31.3 Å². The number of aryl methyl sites for hydroxylation is 1. The minimum absolute atomic E-state index is 0.278. The molecule has 10 nitrogen and oxygen atoms in total. The van der Waals surface area contributed by atoms with Crippen molar-refractivity contribution in [3.8, 4) is 0 Å². The smallest absolute Gasteiger partial charge is 0.257 e. The molecule has 1 aromatic heterocycles. The lowest BCUT2D eigenvalue weighted by molar-refractivity contribution is -0.680. The lowest BCUT2D eigenvalue weighted by Crippen LogP contribution is -2.37. The molecule has 0 saturated heterocycles. The van der Waals surface area contributed by atoms with Crippen molar-refractivity contribution in [1.82, 2.24) is 4.98 Å². The summed E-state index contributed by atoms with van der Waals surface area (Å²) in [6.45, 7) is 9.74. The van der Waals surface area contributed by atoms with Crippen LogP contribution in [0.15, 0.2) is 42.7 Å². The molecule has 1 amide bonds. The van der Waals surface area contributed by atoms with E-state index in [0.29, 0.717) is 39.8 Å². The van der Waals surface area contributed by atoms with Gasteiger partial charge in [0.05, 0.1) is 30.6 Å². The van der Waals surface area contributed by atoms with Gasteiger partial charge in [0.15, 0.2) is 5.69 Å². The molecule has 1 heterocycles. The number of benzene rings is 2. The number of carbonyl (C=O) groups excluding carboxylic acids is 1. The number of aromatic amines is 1. The first-order valence-electron chi connectivity index (χ1n) is 13.2. The molecule has 0 aliphatic heterocycles. The molecule has 0 radical (unpaired) electrons. The van der Waals surface area contributed by atoms with Gasteiger partial charge in [0, 0.05) is 17.5 Å². The number of aromatic nitrogens is 2. The molecule has 11 heteroatoms. The fraction of sp³-hybridized carbons (Fsp3) is 0.379. The van der Waals surface area contributed by atoms with Gasteiger partial charge in [0.1, 0.15) is 11.9 Å². The number of anilines is 3. The normalized spacial score (nSPS) is 14.2. The van der Waals surface area contributed by atoms with Gasteiger partial charge in [-0.25, -0.2) is 23.8 Å². The Morgan fingerprint density at radius 2 is 1.80 bits per heavy atom. The number of sulfonamides is 1. The number of H-pyrrole nitrogens is 1. The number of nitrogens with zero attached hydrogens (tertiary/aromatic N) is 2. The molecule has 1 aliphatic carbocycles. The van der Waals surface area contributed by atoms with E-state index in [9.17, 15) is 13.2 Å². The summed E-state index contributed by atoms with van der Waals surface area (Å²) in [4.78, 5) is 16.7. The van der Waals surface area contributed by atoms with Crippen molar-refractivity contribution in [2.24, 2.45) is 18.6 Å². The molecule has 7 N–H and O–H groups in total. The largest absolute Gasteiger partial charge is 0.394 e. The summed E-state index contributed by atoms with van der Waals surface area (Å²) in [6.07, 6.45) is 6.97. The van der Waals surface area contributed by atoms with Crippen LogP contribution in [0.25, 0.3) is 5.70 Å². The molecule has 3 aromatic rings. The second kappa shape index (κ2) is 10.6. The van der Waals surface area contributed by atoms with Gasteiger partial charge in [-0.1, -0.05) is 26.8 Å². The van der Waals surface area contributed by atoms with Crippen LogP contribution in [0.3, 0.4) is 0 Å². The van der Waals surface area contributed by atoms with Crippen molar-refractivity contribution in [3.63, 3.8) is 0 Å². The third-order valence-electron chi connectivity index (χ3n) is 7.18. The average Bonchev–Trinajstić information content (AvgIpc) is 3.61. The topological polar surface area (TPSA) is 150 Å². The summed E-state index contributed by atoms with van der Waals surface area (Å²) in [5, 5.41) is 4.38. The zero-order valence-electron chi connectivity index (χ0n) is 24.2. The van der Waals surface area contributed by atoms with Crippen LogP contribution in [0.4, 0.5) is 17.1 Å². The Kier molecular flexibility index (Phi) is 7.75. The average molecular weight is 567 g/mol. The maximum Gasteiger partial charge on any atom is 0.257 e. The van der Waals surface area contributed by atoms with E-state index in [1.807, 2.05) is 53.1 Å². The Balaban J connectivity index is 1.62. The van der Waals surface area contributed by atoms with Crippen LogP contribution in [-0.4, -0.2) is 25.6 Å². The number of hydrazine groups is 1. The van der Waals surface area contributed by atoms with Crippen molar-refractivity contribution in [1.29, 1.82) is 0 Å². The molecule has 1 saturated carbocycles. The second-order valence-corrected chi connectivity index (χ2v) is 13.4. The number of hydrogen-bond donors (Lipinski definition) is 5. The first kappa shape index (κ1) is 29.2. The van der Waals surface area contributed by atoms with Gasteiger partial charge in [-0.05, 0) is 73.1 Å². The first-order valence-corrected chi connectivity index (χ1v) is 15.1. The second-order valence-electron chi connectivity index (χ2n) is 11.7. The van der Waals surface area contributed by atoms with E-state index >= 15 is 0 Å². The van der Waals surface area contributed by atoms with Crippen molar-refractivity contribution in [3.05, 3.63) is 76.5 Å². The van der Waals surface area contributed by atoms with E-state index in [0.717, 1.165) is 28.9 Å². The predicted octanol–water partition coefficient (Wildman–Crippen LogP) is 3.89. The number of nitrogens with one attached hydrogen (secondary N) is 3. The van der Waals surface area contributed by atoms with E-state index < -0.39 is 10.0 Å². The number of carbonyl (C=O) groups is 1. The third kappa shape index (κ3) is 6.48. The first-order chi connectivity index (χ1) is 18.5. The van der Waals surface area contributed by atoms with Gasteiger partial charge in [0.2, 0.25) is 10.0 Å². The Hall–Kier alpha value is -3.83. The molecule has 0 spiro atoms. The Bertz CT molecular complexity index is 1600. The quantitative estimate of drug-likeness (QED) is 0.159. The van der Waals surface area contributed by atoms with Crippen LogP contribution >= 0.6 is 0 Å². The summed E-state index contributed by atoms with van der Waals surface area (Å²) >= 11 is 0. The van der Waals surface area contributed by atoms with Crippen LogP contribution in [0.1, 0.15) is 78.1 Å². The number of hydrogen-bond acceptors (Lipinski definition) is 6. The van der Waals surface area contributed by atoms with Crippen molar-refractivity contribution in [2.75, 3.05) is 21.3 Å². The van der Waals surface area contributed by atoms with Gasteiger partial charge in [-0.15, -0.1) is 0 Å². The standard InChI is InChI=1S/C29H39N7O3S/c1-17-8-9-20(12-25(17)36(31)16-22(30)26-15-32-27(35(26)6)19-10-11-19)28(37)33-23-13-21(29(3,4)5)14-24(18(23)2)34-40(7,38)39/h8-9,12-16,19,34H,10-11,30-31H2,1-7H3,(H,33,37)/p+1/b22-16-. The summed E-state index contributed by atoms with van der Waals surface area (Å²) < 4.78 is 28.6. The van der Waals surface area contributed by atoms with Crippen LogP contribution in [0, 0.1) is 13.8 Å². The van der Waals surface area contributed by atoms with E-state index in [1.165, 1.54) is 17.9 Å². The van der Waals surface area contributed by atoms with Crippen molar-refractivity contribution >= 4 is 38.7 Å². The molecule has 1 aliphatic rings. The molecule has 0 atom stereocenters. The van der Waals surface area contributed by atoms with E-state index in [2.05, 4.69) is 19.6 Å².